The molecule has 0 aromatic carbocycles. The molecule has 1 aromatic heterocycles. The van der Waals surface area contributed by atoms with Crippen LogP contribution in [0.15, 0.2) is 17.9 Å². The first-order valence-electron chi connectivity index (χ1n) is 4.53. The van der Waals surface area contributed by atoms with Gasteiger partial charge in [0.25, 0.3) is 0 Å². The van der Waals surface area contributed by atoms with Crippen LogP contribution in [0, 0.1) is 0 Å². The maximum Gasteiger partial charge on any atom is 0.365 e. The van der Waals surface area contributed by atoms with Gasteiger partial charge in [-0.25, -0.2) is 10.7 Å². The molecule has 4 nitrogen and oxygen atoms in total. The predicted octanol–water partition coefficient (Wildman–Crippen LogP) is 1.59. The summed E-state index contributed by atoms with van der Waals surface area (Å²) in [6, 6.07) is 3.60. The lowest BCUT2D eigenvalue weighted by Crippen LogP contribution is -2.24. The van der Waals surface area contributed by atoms with E-state index in [9.17, 15) is 4.79 Å². The van der Waals surface area contributed by atoms with Crippen LogP contribution < -0.4 is 11.1 Å². The second kappa shape index (κ2) is 4.84. The van der Waals surface area contributed by atoms with E-state index in [1.54, 1.807) is 12.1 Å². The van der Waals surface area contributed by atoms with Gasteiger partial charge in [0.05, 0.1) is 0 Å². The maximum atomic E-state index is 11.7. The molecule has 0 bridgehead atoms. The van der Waals surface area contributed by atoms with Gasteiger partial charge >= 0.3 is 13.2 Å². The Hall–Kier alpha value is -0.765. The van der Waals surface area contributed by atoms with E-state index in [1.807, 2.05) is 26.6 Å². The first-order chi connectivity index (χ1) is 6.94. The van der Waals surface area contributed by atoms with Gasteiger partial charge in [-0.3, -0.25) is 0 Å². The van der Waals surface area contributed by atoms with Crippen LogP contribution in [0.25, 0.3) is 0 Å². The quantitative estimate of drug-likeness (QED) is 0.627. The summed E-state index contributed by atoms with van der Waals surface area (Å²) >= 11 is 0. The molecule has 1 unspecified atom stereocenters. The van der Waals surface area contributed by atoms with Crippen LogP contribution in [-0.4, -0.2) is 18.8 Å². The van der Waals surface area contributed by atoms with Gasteiger partial charge in [-0.15, -0.1) is 0 Å². The van der Waals surface area contributed by atoms with Gasteiger partial charge in [-0.2, -0.15) is 0 Å². The van der Waals surface area contributed by atoms with Crippen molar-refractivity contribution in [1.29, 1.82) is 0 Å². The van der Waals surface area contributed by atoms with Gasteiger partial charge < -0.3 is 9.49 Å². The van der Waals surface area contributed by atoms with Crippen molar-refractivity contribution >= 4 is 25.9 Å². The second-order valence-electron chi connectivity index (χ2n) is 4.04. The zero-order valence-corrected chi connectivity index (χ0v) is 9.95. The maximum absolute atomic E-state index is 11.7. The number of rotatable bonds is 3. The molecule has 1 radical (unpaired) electrons. The molecule has 0 spiro atoms. The summed E-state index contributed by atoms with van der Waals surface area (Å²) < 4.78 is 9.69. The van der Waals surface area contributed by atoms with Crippen LogP contribution in [-0.2, 0) is 9.49 Å². The lowest BCUT2D eigenvalue weighted by molar-refractivity contribution is 0.0732. The molecule has 0 saturated carbocycles. The minimum Gasteiger partial charge on any atom is -0.454 e. The van der Waals surface area contributed by atoms with E-state index in [2.05, 4.69) is 4.76 Å². The van der Waals surface area contributed by atoms with E-state index in [0.29, 0.717) is 0 Å². The molecular formula is C9H14BNO3P. The zero-order chi connectivity index (χ0) is 11.5. The summed E-state index contributed by atoms with van der Waals surface area (Å²) in [6.45, 7) is 5.52. The molecule has 0 aliphatic heterocycles. The molecule has 81 valence electrons. The van der Waals surface area contributed by atoms with Gasteiger partial charge in [0.1, 0.15) is 5.60 Å². The summed E-state index contributed by atoms with van der Waals surface area (Å²) in [6.07, 6.45) is 0. The van der Waals surface area contributed by atoms with Crippen LogP contribution in [0.3, 0.4) is 0 Å². The smallest absolute Gasteiger partial charge is 0.365 e. The van der Waals surface area contributed by atoms with Crippen LogP contribution >= 0.6 is 7.53 Å². The van der Waals surface area contributed by atoms with Crippen molar-refractivity contribution in [3.8, 4) is 0 Å². The molecule has 1 aromatic rings. The van der Waals surface area contributed by atoms with Gasteiger partial charge in [-0.1, -0.05) is 12.1 Å². The minimum atomic E-state index is -1.08. The van der Waals surface area contributed by atoms with E-state index < -0.39 is 13.1 Å². The van der Waals surface area contributed by atoms with Crippen molar-refractivity contribution in [2.45, 2.75) is 26.4 Å². The normalized spacial score (nSPS) is 12.4. The van der Waals surface area contributed by atoms with Crippen molar-refractivity contribution in [3.05, 3.63) is 17.9 Å². The number of ether oxygens (including phenoxy) is 1. The molecule has 1 heterocycles. The summed E-state index contributed by atoms with van der Waals surface area (Å²) in [5, 5.41) is 0.766. The lowest BCUT2D eigenvalue weighted by Gasteiger charge is -2.19. The van der Waals surface area contributed by atoms with E-state index in [0.717, 1.165) is 5.19 Å². The van der Waals surface area contributed by atoms with Crippen LogP contribution in [0.5, 0.6) is 0 Å². The van der Waals surface area contributed by atoms with Crippen molar-refractivity contribution in [3.63, 3.8) is 0 Å². The Morgan fingerprint density at radius 1 is 1.53 bits per heavy atom. The number of carbonyl (C=O) groups is 1. The van der Waals surface area contributed by atoms with Gasteiger partial charge in [-0.05, 0) is 39.3 Å². The standard InChI is InChI=1S/C9H14BNO3P/c1-9(2,3)13-8(12)15-6-4-5-7(15)10-14-11/h4-6H,11H2,1-3H3. The summed E-state index contributed by atoms with van der Waals surface area (Å²) in [5.74, 6) is 6.75. The number of hydrogen-bond acceptors (Lipinski definition) is 4. The largest absolute Gasteiger partial charge is 0.454 e. The first kappa shape index (κ1) is 12.3. The summed E-state index contributed by atoms with van der Waals surface area (Å²) in [5.41, 5.74) is -0.698. The SMILES string of the molecule is CC(C)(C)OC(=O)p1cccc1[B]ON. The highest BCUT2D eigenvalue weighted by Gasteiger charge is 2.20. The Bertz CT molecular complexity index is 345. The lowest BCUT2D eigenvalue weighted by atomic mass is 10.0. The Labute approximate surface area is 91.0 Å². The molecule has 6 heteroatoms. The highest BCUT2D eigenvalue weighted by atomic mass is 31.1. The van der Waals surface area contributed by atoms with Crippen molar-refractivity contribution in [2.24, 2.45) is 5.90 Å². The van der Waals surface area contributed by atoms with Crippen molar-refractivity contribution in [1.82, 2.24) is 0 Å². The molecule has 0 aliphatic carbocycles. The third kappa shape index (κ3) is 3.70. The third-order valence-corrected chi connectivity index (χ3v) is 3.33. The van der Waals surface area contributed by atoms with Crippen LogP contribution in [0.1, 0.15) is 20.8 Å². The molecule has 1 atom stereocenters. The van der Waals surface area contributed by atoms with Gasteiger partial charge in [0, 0.05) is 0 Å². The Morgan fingerprint density at radius 3 is 2.73 bits per heavy atom. The fraction of sp³-hybridized carbons (Fsp3) is 0.444. The second-order valence-corrected chi connectivity index (χ2v) is 5.96. The van der Waals surface area contributed by atoms with E-state index >= 15 is 0 Å². The molecule has 2 N–H and O–H groups in total. The van der Waals surface area contributed by atoms with E-state index in [4.69, 9.17) is 10.6 Å². The van der Waals surface area contributed by atoms with Crippen molar-refractivity contribution in [2.75, 3.05) is 0 Å². The fourth-order valence-corrected chi connectivity index (χ4v) is 2.59. The summed E-state index contributed by atoms with van der Waals surface area (Å²) in [7, 11) is 0.290. The van der Waals surface area contributed by atoms with Crippen LogP contribution in [0.4, 0.5) is 4.79 Å². The number of carbonyl (C=O) groups excluding carboxylic acids is 1. The monoisotopic (exact) mass is 226 g/mol. The zero-order valence-electron chi connectivity index (χ0n) is 9.06. The van der Waals surface area contributed by atoms with Crippen LogP contribution in [0.2, 0.25) is 0 Å². The van der Waals surface area contributed by atoms with Gasteiger partial charge in [0.2, 0.25) is 0 Å². The molecule has 15 heavy (non-hydrogen) atoms. The number of hydrogen-bond donors (Lipinski definition) is 1. The average molecular weight is 226 g/mol. The molecular weight excluding hydrogens is 212 g/mol. The molecule has 0 fully saturated rings. The average Bonchev–Trinajstić information content (AvgIpc) is 2.49. The minimum absolute atomic E-state index is 0.231. The third-order valence-electron chi connectivity index (χ3n) is 1.56. The summed E-state index contributed by atoms with van der Waals surface area (Å²) in [4.78, 5) is 11.7. The molecule has 0 amide bonds. The Morgan fingerprint density at radius 2 is 2.20 bits per heavy atom. The van der Waals surface area contributed by atoms with E-state index in [1.165, 1.54) is 7.48 Å². The van der Waals surface area contributed by atoms with Gasteiger partial charge in [0.15, 0.2) is 0 Å². The topological polar surface area (TPSA) is 61.5 Å². The molecule has 1 rings (SSSR count). The fourth-order valence-electron chi connectivity index (χ4n) is 1.04. The molecule has 0 saturated heterocycles. The molecule has 0 aliphatic rings. The van der Waals surface area contributed by atoms with Crippen molar-refractivity contribution < 1.29 is 14.3 Å². The first-order valence-corrected chi connectivity index (χ1v) is 5.94. The number of nitrogens with two attached hydrogens (primary N) is 1. The highest BCUT2D eigenvalue weighted by Crippen LogP contribution is 2.28. The highest BCUT2D eigenvalue weighted by molar-refractivity contribution is 7.71. The Balaban J connectivity index is 2.77. The Kier molecular flexibility index (Phi) is 3.97. The predicted molar refractivity (Wildman–Crippen MR) is 61.4 cm³/mol. The van der Waals surface area contributed by atoms with E-state index in [-0.39, 0.29) is 5.71 Å².